The molecular formula is C24H31N3O2. The Morgan fingerprint density at radius 3 is 2.07 bits per heavy atom. The van der Waals surface area contributed by atoms with Crippen LogP contribution in [0.3, 0.4) is 0 Å². The molecule has 5 nitrogen and oxygen atoms in total. The highest BCUT2D eigenvalue weighted by Gasteiger charge is 2.24. The average molecular weight is 394 g/mol. The van der Waals surface area contributed by atoms with Gasteiger partial charge in [0.15, 0.2) is 0 Å². The monoisotopic (exact) mass is 393 g/mol. The van der Waals surface area contributed by atoms with Crippen LogP contribution in [0.5, 0.6) is 0 Å². The van der Waals surface area contributed by atoms with Crippen LogP contribution < -0.4 is 11.2 Å². The molecule has 2 amide bonds. The first-order chi connectivity index (χ1) is 14.1. The molecule has 2 aliphatic carbocycles. The van der Waals surface area contributed by atoms with Crippen LogP contribution in [0.25, 0.3) is 10.8 Å². The molecular weight excluding hydrogens is 362 g/mol. The van der Waals surface area contributed by atoms with Gasteiger partial charge in [-0.3, -0.25) is 14.6 Å². The Morgan fingerprint density at radius 2 is 1.38 bits per heavy atom. The van der Waals surface area contributed by atoms with E-state index in [1.54, 1.807) is 0 Å². The van der Waals surface area contributed by atoms with E-state index in [2.05, 4.69) is 5.32 Å². The smallest absolute Gasteiger partial charge is 0.268 e. The molecule has 0 bridgehead atoms. The van der Waals surface area contributed by atoms with Crippen molar-refractivity contribution in [2.24, 2.45) is 5.84 Å². The number of nitrogens with two attached hydrogens (primary N) is 1. The first kappa shape index (κ1) is 19.9. The molecule has 29 heavy (non-hydrogen) atoms. The Kier molecular flexibility index (Phi) is 6.14. The molecule has 2 aliphatic rings. The lowest BCUT2D eigenvalue weighted by atomic mass is 9.94. The van der Waals surface area contributed by atoms with Crippen molar-refractivity contribution in [2.45, 2.75) is 76.3 Å². The third-order valence-corrected chi connectivity index (χ3v) is 6.49. The molecule has 5 heteroatoms. The van der Waals surface area contributed by atoms with Crippen LogP contribution in [0.4, 0.5) is 0 Å². The fourth-order valence-electron chi connectivity index (χ4n) is 4.71. The van der Waals surface area contributed by atoms with E-state index in [1.807, 2.05) is 36.4 Å². The van der Waals surface area contributed by atoms with Crippen LogP contribution >= 0.6 is 0 Å². The molecule has 0 spiro atoms. The summed E-state index contributed by atoms with van der Waals surface area (Å²) in [6.07, 6.45) is 11.2. The van der Waals surface area contributed by atoms with E-state index < -0.39 is 0 Å². The van der Waals surface area contributed by atoms with Crippen molar-refractivity contribution < 1.29 is 9.59 Å². The lowest BCUT2D eigenvalue weighted by molar-refractivity contribution is 0.0633. The Balaban J connectivity index is 1.51. The lowest BCUT2D eigenvalue weighted by Gasteiger charge is -2.30. The fraction of sp³-hybridized carbons (Fsp3) is 0.500. The number of amides is 2. The molecule has 4 rings (SSSR count). The second-order valence-electron chi connectivity index (χ2n) is 8.59. The van der Waals surface area contributed by atoms with Crippen molar-refractivity contribution in [1.82, 2.24) is 10.3 Å². The summed E-state index contributed by atoms with van der Waals surface area (Å²) >= 11 is 0. The summed E-state index contributed by atoms with van der Waals surface area (Å²) in [4.78, 5) is 25.6. The Bertz CT molecular complexity index is 883. The Labute approximate surface area is 172 Å². The summed E-state index contributed by atoms with van der Waals surface area (Å²) in [5, 5.41) is 6.48. The third-order valence-electron chi connectivity index (χ3n) is 6.49. The van der Waals surface area contributed by atoms with Crippen molar-refractivity contribution in [3.8, 4) is 0 Å². The van der Waals surface area contributed by atoms with Gasteiger partial charge in [0.2, 0.25) is 0 Å². The topological polar surface area (TPSA) is 75.4 Å². The Hall–Kier alpha value is -2.40. The minimum Gasteiger partial charge on any atom is -0.349 e. The summed E-state index contributed by atoms with van der Waals surface area (Å²) in [6.45, 7) is 0. The number of benzene rings is 2. The van der Waals surface area contributed by atoms with Gasteiger partial charge in [-0.25, -0.2) is 5.84 Å². The van der Waals surface area contributed by atoms with Gasteiger partial charge in [0.05, 0.1) is 0 Å². The number of fused-ring (bicyclic) bond motifs is 1. The van der Waals surface area contributed by atoms with Gasteiger partial charge in [-0.1, -0.05) is 50.7 Å². The summed E-state index contributed by atoms with van der Waals surface area (Å²) in [6, 6.07) is 11.7. The molecule has 0 aromatic heterocycles. The normalized spacial score (nSPS) is 18.5. The maximum absolute atomic E-state index is 12.9. The van der Waals surface area contributed by atoms with E-state index in [4.69, 9.17) is 5.84 Å². The van der Waals surface area contributed by atoms with E-state index in [0.29, 0.717) is 11.1 Å². The van der Waals surface area contributed by atoms with Crippen molar-refractivity contribution in [3.63, 3.8) is 0 Å². The molecule has 0 radical (unpaired) electrons. The van der Waals surface area contributed by atoms with Gasteiger partial charge >= 0.3 is 0 Å². The fourth-order valence-corrected chi connectivity index (χ4v) is 4.71. The van der Waals surface area contributed by atoms with E-state index in [9.17, 15) is 9.59 Å². The quantitative estimate of drug-likeness (QED) is 0.454. The van der Waals surface area contributed by atoms with Crippen LogP contribution in [0.15, 0.2) is 36.4 Å². The van der Waals surface area contributed by atoms with E-state index in [1.165, 1.54) is 30.7 Å². The summed E-state index contributed by atoms with van der Waals surface area (Å²) in [5.74, 6) is 6.00. The van der Waals surface area contributed by atoms with Crippen molar-refractivity contribution in [3.05, 3.63) is 47.5 Å². The van der Waals surface area contributed by atoms with Gasteiger partial charge < -0.3 is 5.32 Å². The van der Waals surface area contributed by atoms with Crippen LogP contribution in [0, 0.1) is 0 Å². The average Bonchev–Trinajstić information content (AvgIpc) is 2.78. The molecule has 2 aromatic carbocycles. The number of carbonyl (C=O) groups excluding carboxylic acids is 2. The zero-order chi connectivity index (χ0) is 20.2. The number of rotatable bonds is 4. The molecule has 0 aliphatic heterocycles. The first-order valence-electron chi connectivity index (χ1n) is 11.0. The molecule has 0 heterocycles. The maximum Gasteiger partial charge on any atom is 0.268 e. The lowest BCUT2D eigenvalue weighted by Crippen LogP contribution is -2.46. The molecule has 0 unspecified atom stereocenters. The van der Waals surface area contributed by atoms with Gasteiger partial charge in [0.25, 0.3) is 11.8 Å². The molecule has 2 fully saturated rings. The highest BCUT2D eigenvalue weighted by Crippen LogP contribution is 2.24. The first-order valence-corrected chi connectivity index (χ1v) is 11.0. The van der Waals surface area contributed by atoms with Crippen LogP contribution in [0.2, 0.25) is 0 Å². The second-order valence-corrected chi connectivity index (χ2v) is 8.59. The number of hydrazine groups is 1. The molecule has 2 aromatic rings. The second kappa shape index (κ2) is 8.95. The largest absolute Gasteiger partial charge is 0.349 e. The predicted molar refractivity (Wildman–Crippen MR) is 116 cm³/mol. The molecule has 0 saturated heterocycles. The van der Waals surface area contributed by atoms with Crippen LogP contribution in [0.1, 0.15) is 84.9 Å². The van der Waals surface area contributed by atoms with Crippen LogP contribution in [-0.4, -0.2) is 28.9 Å². The van der Waals surface area contributed by atoms with Crippen LogP contribution in [-0.2, 0) is 0 Å². The van der Waals surface area contributed by atoms with Gasteiger partial charge in [-0.05, 0) is 60.7 Å². The zero-order valence-electron chi connectivity index (χ0n) is 17.0. The van der Waals surface area contributed by atoms with Gasteiger partial charge in [-0.2, -0.15) is 0 Å². The number of hydrogen-bond acceptors (Lipinski definition) is 3. The number of nitrogens with zero attached hydrogens (tertiary/aromatic N) is 1. The Morgan fingerprint density at radius 1 is 0.793 bits per heavy atom. The maximum atomic E-state index is 12.9. The highest BCUT2D eigenvalue weighted by atomic mass is 16.2. The van der Waals surface area contributed by atoms with Gasteiger partial charge in [-0.15, -0.1) is 0 Å². The zero-order valence-corrected chi connectivity index (χ0v) is 17.0. The number of nitrogens with one attached hydrogen (secondary N) is 1. The molecule has 0 atom stereocenters. The summed E-state index contributed by atoms with van der Waals surface area (Å²) in [7, 11) is 0. The van der Waals surface area contributed by atoms with Gasteiger partial charge in [0.1, 0.15) is 0 Å². The minimum absolute atomic E-state index is 0.0295. The highest BCUT2D eigenvalue weighted by molar-refractivity contribution is 6.02. The molecule has 3 N–H and O–H groups in total. The van der Waals surface area contributed by atoms with E-state index >= 15 is 0 Å². The number of hydrogen-bond donors (Lipinski definition) is 2. The SMILES string of the molecule is NN(C(=O)c1ccc2ccc(C(=O)NC3CCCCC3)cc2c1)C1CCCCC1. The number of carbonyl (C=O) groups is 2. The van der Waals surface area contributed by atoms with Crippen molar-refractivity contribution >= 4 is 22.6 Å². The van der Waals surface area contributed by atoms with E-state index in [0.717, 1.165) is 49.3 Å². The third kappa shape index (κ3) is 4.61. The summed E-state index contributed by atoms with van der Waals surface area (Å²) in [5.41, 5.74) is 1.22. The predicted octanol–water partition coefficient (Wildman–Crippen LogP) is 4.55. The molecule has 2 saturated carbocycles. The standard InChI is InChI=1S/C24H31N3O2/c25-27(22-9-5-2-6-10-22)24(29)19-14-12-17-11-13-18(15-20(17)16-19)23(28)26-21-7-3-1-4-8-21/h11-16,21-22H,1-10,25H2,(H,26,28). The van der Waals surface area contributed by atoms with Crippen molar-refractivity contribution in [1.29, 1.82) is 0 Å². The van der Waals surface area contributed by atoms with Gasteiger partial charge in [0, 0.05) is 23.2 Å². The minimum atomic E-state index is -0.143. The van der Waals surface area contributed by atoms with Crippen molar-refractivity contribution in [2.75, 3.05) is 0 Å². The van der Waals surface area contributed by atoms with E-state index in [-0.39, 0.29) is 23.9 Å². The summed E-state index contributed by atoms with van der Waals surface area (Å²) < 4.78 is 0. The molecule has 154 valence electrons.